The molecule has 12 heavy (non-hydrogen) atoms. The van der Waals surface area contributed by atoms with Crippen LogP contribution in [0.4, 0.5) is 5.13 Å². The first-order valence-corrected chi connectivity index (χ1v) is 4.98. The van der Waals surface area contributed by atoms with Crippen LogP contribution >= 0.6 is 11.3 Å². The number of rotatable bonds is 2. The molecule has 1 saturated carbocycles. The number of nitrogens with zero attached hydrogens (tertiary/aromatic N) is 1. The Morgan fingerprint density at radius 1 is 1.67 bits per heavy atom. The first-order valence-electron chi connectivity index (χ1n) is 4.16. The molecule has 0 radical (unpaired) electrons. The van der Waals surface area contributed by atoms with E-state index in [0.29, 0.717) is 11.0 Å². The molecule has 0 saturated heterocycles. The van der Waals surface area contributed by atoms with Crippen molar-refractivity contribution >= 4 is 16.5 Å². The Balaban J connectivity index is 2.08. The summed E-state index contributed by atoms with van der Waals surface area (Å²) >= 11 is 1.39. The number of nitrogen functional groups attached to an aromatic ring is 1. The molecule has 1 aliphatic rings. The predicted molar refractivity (Wildman–Crippen MR) is 48.8 cm³/mol. The molecule has 1 aliphatic carbocycles. The van der Waals surface area contributed by atoms with Crippen LogP contribution in [-0.2, 0) is 0 Å². The number of aliphatic hydroxyl groups excluding tert-OH is 1. The summed E-state index contributed by atoms with van der Waals surface area (Å²) in [5.74, 6) is 0.449. The van der Waals surface area contributed by atoms with Gasteiger partial charge in [0, 0.05) is 6.20 Å². The number of thiazole rings is 1. The maximum atomic E-state index is 9.77. The highest BCUT2D eigenvalue weighted by Gasteiger charge is 2.27. The van der Waals surface area contributed by atoms with Crippen molar-refractivity contribution in [3.63, 3.8) is 0 Å². The minimum Gasteiger partial charge on any atom is -0.387 e. The first kappa shape index (κ1) is 8.01. The summed E-state index contributed by atoms with van der Waals surface area (Å²) in [7, 11) is 0. The average Bonchev–Trinajstić information content (AvgIpc) is 2.31. The Labute approximate surface area is 75.2 Å². The van der Waals surface area contributed by atoms with Gasteiger partial charge < -0.3 is 10.8 Å². The molecule has 3 N–H and O–H groups in total. The second kappa shape index (κ2) is 3.03. The van der Waals surface area contributed by atoms with Crippen LogP contribution in [0, 0.1) is 5.92 Å². The van der Waals surface area contributed by atoms with Crippen LogP contribution in [0.5, 0.6) is 0 Å². The lowest BCUT2D eigenvalue weighted by Crippen LogP contribution is -2.19. The summed E-state index contributed by atoms with van der Waals surface area (Å²) in [5, 5.41) is 10.3. The van der Waals surface area contributed by atoms with Gasteiger partial charge in [-0.15, -0.1) is 0 Å². The van der Waals surface area contributed by atoms with Crippen LogP contribution in [-0.4, -0.2) is 10.1 Å². The second-order valence-electron chi connectivity index (χ2n) is 3.24. The minimum atomic E-state index is -0.325. The molecule has 1 heterocycles. The van der Waals surface area contributed by atoms with Crippen LogP contribution in [0.25, 0.3) is 0 Å². The van der Waals surface area contributed by atoms with Gasteiger partial charge in [0.1, 0.15) is 0 Å². The third kappa shape index (κ3) is 1.32. The lowest BCUT2D eigenvalue weighted by atomic mass is 9.81. The van der Waals surface area contributed by atoms with Gasteiger partial charge >= 0.3 is 0 Å². The zero-order chi connectivity index (χ0) is 8.55. The van der Waals surface area contributed by atoms with E-state index in [0.717, 1.165) is 17.7 Å². The van der Waals surface area contributed by atoms with Crippen LogP contribution in [0.15, 0.2) is 6.20 Å². The van der Waals surface area contributed by atoms with Gasteiger partial charge in [-0.05, 0) is 18.8 Å². The van der Waals surface area contributed by atoms with E-state index in [1.165, 1.54) is 17.8 Å². The summed E-state index contributed by atoms with van der Waals surface area (Å²) in [6.07, 6.45) is 4.88. The van der Waals surface area contributed by atoms with Gasteiger partial charge in [0.25, 0.3) is 0 Å². The van der Waals surface area contributed by atoms with Gasteiger partial charge in [0.15, 0.2) is 5.13 Å². The van der Waals surface area contributed by atoms with Crippen molar-refractivity contribution in [1.82, 2.24) is 4.98 Å². The molecule has 0 aliphatic heterocycles. The predicted octanol–water partition coefficient (Wildman–Crippen LogP) is 1.56. The number of aromatic nitrogens is 1. The van der Waals surface area contributed by atoms with E-state index >= 15 is 0 Å². The van der Waals surface area contributed by atoms with Crippen molar-refractivity contribution in [1.29, 1.82) is 0 Å². The zero-order valence-corrected chi connectivity index (χ0v) is 7.55. The Morgan fingerprint density at radius 2 is 2.42 bits per heavy atom. The number of hydrogen-bond acceptors (Lipinski definition) is 4. The largest absolute Gasteiger partial charge is 0.387 e. The Bertz CT molecular complexity index is 270. The quantitative estimate of drug-likeness (QED) is 0.733. The molecule has 0 amide bonds. The SMILES string of the molecule is Nc1ncc(C(O)C2CCC2)s1. The first-order chi connectivity index (χ1) is 5.77. The Kier molecular flexibility index (Phi) is 2.02. The van der Waals surface area contributed by atoms with E-state index in [9.17, 15) is 5.11 Å². The number of nitrogens with two attached hydrogens (primary N) is 1. The molecule has 1 fully saturated rings. The monoisotopic (exact) mass is 184 g/mol. The van der Waals surface area contributed by atoms with E-state index in [4.69, 9.17) is 5.73 Å². The van der Waals surface area contributed by atoms with Crippen LogP contribution in [0.3, 0.4) is 0 Å². The van der Waals surface area contributed by atoms with Gasteiger partial charge in [-0.25, -0.2) is 4.98 Å². The molecular weight excluding hydrogens is 172 g/mol. The van der Waals surface area contributed by atoms with Crippen molar-refractivity contribution in [3.05, 3.63) is 11.1 Å². The van der Waals surface area contributed by atoms with E-state index in [-0.39, 0.29) is 6.10 Å². The number of anilines is 1. The third-order valence-electron chi connectivity index (χ3n) is 2.43. The molecule has 2 rings (SSSR count). The molecule has 1 aromatic heterocycles. The number of hydrogen-bond donors (Lipinski definition) is 2. The molecule has 1 aromatic rings. The molecule has 0 aromatic carbocycles. The summed E-state index contributed by atoms with van der Waals surface area (Å²) in [5.41, 5.74) is 5.47. The fourth-order valence-electron chi connectivity index (χ4n) is 1.43. The third-order valence-corrected chi connectivity index (χ3v) is 3.33. The van der Waals surface area contributed by atoms with Gasteiger partial charge in [-0.2, -0.15) is 0 Å². The van der Waals surface area contributed by atoms with Crippen molar-refractivity contribution in [2.45, 2.75) is 25.4 Å². The zero-order valence-electron chi connectivity index (χ0n) is 6.73. The maximum absolute atomic E-state index is 9.77. The fourth-order valence-corrected chi connectivity index (χ4v) is 2.19. The normalized spacial score (nSPS) is 20.4. The van der Waals surface area contributed by atoms with Crippen LogP contribution in [0.2, 0.25) is 0 Å². The van der Waals surface area contributed by atoms with Gasteiger partial charge in [0.05, 0.1) is 11.0 Å². The molecule has 3 nitrogen and oxygen atoms in total. The summed E-state index contributed by atoms with van der Waals surface area (Å²) in [6, 6.07) is 0. The summed E-state index contributed by atoms with van der Waals surface area (Å²) < 4.78 is 0. The Morgan fingerprint density at radius 3 is 2.83 bits per heavy atom. The summed E-state index contributed by atoms with van der Waals surface area (Å²) in [4.78, 5) is 4.83. The van der Waals surface area contributed by atoms with Crippen molar-refractivity contribution in [2.75, 3.05) is 5.73 Å². The smallest absolute Gasteiger partial charge is 0.180 e. The maximum Gasteiger partial charge on any atom is 0.180 e. The van der Waals surface area contributed by atoms with Gasteiger partial charge in [0.2, 0.25) is 0 Å². The van der Waals surface area contributed by atoms with Crippen LogP contribution in [0.1, 0.15) is 30.2 Å². The van der Waals surface area contributed by atoms with Crippen molar-refractivity contribution in [2.24, 2.45) is 5.92 Å². The number of aliphatic hydroxyl groups is 1. The minimum absolute atomic E-state index is 0.325. The molecular formula is C8H12N2OS. The highest BCUT2D eigenvalue weighted by atomic mass is 32.1. The van der Waals surface area contributed by atoms with Crippen LogP contribution < -0.4 is 5.73 Å². The van der Waals surface area contributed by atoms with Gasteiger partial charge in [-0.1, -0.05) is 17.8 Å². The van der Waals surface area contributed by atoms with Crippen molar-refractivity contribution in [3.8, 4) is 0 Å². The van der Waals surface area contributed by atoms with E-state index < -0.39 is 0 Å². The molecule has 1 unspecified atom stereocenters. The highest BCUT2D eigenvalue weighted by molar-refractivity contribution is 7.15. The lowest BCUT2D eigenvalue weighted by Gasteiger charge is -2.29. The molecule has 0 bridgehead atoms. The van der Waals surface area contributed by atoms with Crippen molar-refractivity contribution < 1.29 is 5.11 Å². The fraction of sp³-hybridized carbons (Fsp3) is 0.625. The Hall–Kier alpha value is -0.610. The second-order valence-corrected chi connectivity index (χ2v) is 4.33. The standard InChI is InChI=1S/C8H12N2OS/c9-8-10-4-6(12-8)7(11)5-2-1-3-5/h4-5,7,11H,1-3H2,(H2,9,10). The highest BCUT2D eigenvalue weighted by Crippen LogP contribution is 2.39. The summed E-state index contributed by atoms with van der Waals surface area (Å²) in [6.45, 7) is 0. The molecule has 4 heteroatoms. The van der Waals surface area contributed by atoms with E-state index in [2.05, 4.69) is 4.98 Å². The molecule has 1 atom stereocenters. The molecule has 0 spiro atoms. The van der Waals surface area contributed by atoms with E-state index in [1.54, 1.807) is 6.20 Å². The lowest BCUT2D eigenvalue weighted by molar-refractivity contribution is 0.0648. The average molecular weight is 184 g/mol. The van der Waals surface area contributed by atoms with Gasteiger partial charge in [-0.3, -0.25) is 0 Å². The van der Waals surface area contributed by atoms with E-state index in [1.807, 2.05) is 0 Å². The molecule has 66 valence electrons. The topological polar surface area (TPSA) is 59.1 Å².